The Kier molecular flexibility index (Phi) is 12.1. The summed E-state index contributed by atoms with van der Waals surface area (Å²) in [6.07, 6.45) is 4.78. The van der Waals surface area contributed by atoms with Crippen LogP contribution in [0.3, 0.4) is 0 Å². The molecule has 1 aromatic heterocycles. The van der Waals surface area contributed by atoms with Crippen molar-refractivity contribution in [3.63, 3.8) is 0 Å². The molecule has 0 bridgehead atoms. The molecule has 7 N–H and O–H groups in total. The molecule has 0 saturated heterocycles. The molecule has 0 aliphatic rings. The molecule has 5 unspecified atom stereocenters. The summed E-state index contributed by atoms with van der Waals surface area (Å²) in [5, 5.41) is 18.8. The largest absolute Gasteiger partial charge is 0.480 e. The molecule has 1 heterocycles. The third kappa shape index (κ3) is 8.49. The quantitative estimate of drug-likeness (QED) is 0.198. The minimum absolute atomic E-state index is 0.0569. The number of rotatable bonds is 15. The van der Waals surface area contributed by atoms with Gasteiger partial charge in [0.25, 0.3) is 0 Å². The maximum Gasteiger partial charge on any atom is 0.326 e. The van der Waals surface area contributed by atoms with E-state index in [4.69, 9.17) is 5.73 Å². The SMILES string of the molecule is CCC(C)C(N)C(=O)NC(CCSC)C(=O)NC(C(=O)NC(Cc1c[nH]c2ccccc12)C(=O)O)C(C)C. The molecule has 1 aromatic carbocycles. The molecule has 0 fully saturated rings. The number of hydrogen-bond acceptors (Lipinski definition) is 6. The van der Waals surface area contributed by atoms with Gasteiger partial charge >= 0.3 is 5.97 Å². The average Bonchev–Trinajstić information content (AvgIpc) is 3.30. The second-order valence-corrected chi connectivity index (χ2v) is 10.9. The highest BCUT2D eigenvalue weighted by atomic mass is 32.2. The molecule has 5 atom stereocenters. The van der Waals surface area contributed by atoms with Crippen LogP contribution in [-0.4, -0.2) is 70.0 Å². The predicted octanol–water partition coefficient (Wildman–Crippen LogP) is 2.03. The number of carbonyl (C=O) groups excluding carboxylic acids is 3. The number of H-pyrrole nitrogens is 1. The Labute approximate surface area is 228 Å². The summed E-state index contributed by atoms with van der Waals surface area (Å²) < 4.78 is 0. The summed E-state index contributed by atoms with van der Waals surface area (Å²) in [7, 11) is 0. The number of aliphatic carboxylic acids is 1. The number of hydrogen-bond donors (Lipinski definition) is 6. The van der Waals surface area contributed by atoms with Gasteiger partial charge in [0.15, 0.2) is 0 Å². The van der Waals surface area contributed by atoms with Gasteiger partial charge in [-0.25, -0.2) is 4.79 Å². The van der Waals surface area contributed by atoms with Gasteiger partial charge in [-0.3, -0.25) is 14.4 Å². The van der Waals surface area contributed by atoms with Crippen LogP contribution in [0.25, 0.3) is 10.9 Å². The van der Waals surface area contributed by atoms with Crippen molar-refractivity contribution in [1.82, 2.24) is 20.9 Å². The third-order valence-corrected chi connectivity index (χ3v) is 7.41. The molecule has 0 aliphatic carbocycles. The second kappa shape index (κ2) is 14.8. The van der Waals surface area contributed by atoms with E-state index < -0.39 is 47.9 Å². The monoisotopic (exact) mass is 547 g/mol. The van der Waals surface area contributed by atoms with Crippen molar-refractivity contribution in [3.8, 4) is 0 Å². The lowest BCUT2D eigenvalue weighted by molar-refractivity contribution is -0.142. The Balaban J connectivity index is 2.14. The third-order valence-electron chi connectivity index (χ3n) is 6.76. The van der Waals surface area contributed by atoms with Crippen molar-refractivity contribution in [2.75, 3.05) is 12.0 Å². The molecule has 0 aliphatic heterocycles. The molecule has 3 amide bonds. The van der Waals surface area contributed by atoms with E-state index in [2.05, 4.69) is 20.9 Å². The fourth-order valence-electron chi connectivity index (χ4n) is 4.06. The number of thioether (sulfide) groups is 1. The van der Waals surface area contributed by atoms with Gasteiger partial charge in [-0.2, -0.15) is 11.8 Å². The molecule has 0 saturated carbocycles. The summed E-state index contributed by atoms with van der Waals surface area (Å²) in [5.74, 6) is -2.49. The highest BCUT2D eigenvalue weighted by Crippen LogP contribution is 2.19. The number of carbonyl (C=O) groups is 4. The van der Waals surface area contributed by atoms with Crippen LogP contribution in [0.4, 0.5) is 0 Å². The average molecular weight is 548 g/mol. The molecule has 2 aromatic rings. The van der Waals surface area contributed by atoms with Crippen LogP contribution in [0, 0.1) is 11.8 Å². The van der Waals surface area contributed by atoms with E-state index in [1.54, 1.807) is 20.0 Å². The van der Waals surface area contributed by atoms with E-state index in [9.17, 15) is 24.3 Å². The zero-order valence-corrected chi connectivity index (χ0v) is 23.6. The Bertz CT molecular complexity index is 1100. The van der Waals surface area contributed by atoms with Crippen LogP contribution < -0.4 is 21.7 Å². The second-order valence-electron chi connectivity index (χ2n) is 9.95. The van der Waals surface area contributed by atoms with Gasteiger partial charge in [-0.15, -0.1) is 0 Å². The summed E-state index contributed by atoms with van der Waals surface area (Å²) in [6, 6.07) is 3.69. The van der Waals surface area contributed by atoms with Crippen molar-refractivity contribution < 1.29 is 24.3 Å². The number of carboxylic acid groups (broad SMARTS) is 1. The number of aromatic amines is 1. The Morgan fingerprint density at radius 3 is 2.26 bits per heavy atom. The summed E-state index contributed by atoms with van der Waals surface area (Å²) in [6.45, 7) is 7.32. The zero-order valence-electron chi connectivity index (χ0n) is 22.7. The fraction of sp³-hybridized carbons (Fsp3) is 0.556. The first-order chi connectivity index (χ1) is 18.0. The van der Waals surface area contributed by atoms with E-state index >= 15 is 0 Å². The summed E-state index contributed by atoms with van der Waals surface area (Å²) in [4.78, 5) is 54.2. The molecule has 0 spiro atoms. The van der Waals surface area contributed by atoms with E-state index in [0.717, 1.165) is 22.9 Å². The summed E-state index contributed by atoms with van der Waals surface area (Å²) in [5.41, 5.74) is 7.68. The number of benzene rings is 1. The van der Waals surface area contributed by atoms with Gasteiger partial charge in [-0.05, 0) is 41.9 Å². The van der Waals surface area contributed by atoms with Crippen molar-refractivity contribution in [1.29, 1.82) is 0 Å². The first-order valence-electron chi connectivity index (χ1n) is 12.9. The van der Waals surface area contributed by atoms with Crippen LogP contribution in [-0.2, 0) is 25.6 Å². The number of fused-ring (bicyclic) bond motifs is 1. The number of aromatic nitrogens is 1. The molecule has 0 radical (unpaired) electrons. The lowest BCUT2D eigenvalue weighted by Crippen LogP contribution is -2.59. The number of nitrogens with one attached hydrogen (secondary N) is 4. The lowest BCUT2D eigenvalue weighted by Gasteiger charge is -2.27. The van der Waals surface area contributed by atoms with Gasteiger partial charge in [-0.1, -0.05) is 52.3 Å². The first kappa shape index (κ1) is 31.2. The molecule has 38 heavy (non-hydrogen) atoms. The van der Waals surface area contributed by atoms with Gasteiger partial charge in [0, 0.05) is 23.5 Å². The smallest absolute Gasteiger partial charge is 0.326 e. The van der Waals surface area contributed by atoms with E-state index in [0.29, 0.717) is 12.2 Å². The molecular weight excluding hydrogens is 506 g/mol. The number of nitrogens with two attached hydrogens (primary N) is 1. The predicted molar refractivity (Wildman–Crippen MR) is 151 cm³/mol. The highest BCUT2D eigenvalue weighted by Gasteiger charge is 2.32. The standard InChI is InChI=1S/C27H41N5O5S/c1-6-16(4)22(28)25(34)30-20(11-12-38-5)24(33)32-23(15(2)3)26(35)31-21(27(36)37)13-17-14-29-19-10-8-7-9-18(17)19/h7-10,14-16,20-23,29H,6,11-13,28H2,1-5H3,(H,30,34)(H,31,35)(H,32,33)(H,36,37). The van der Waals surface area contributed by atoms with Crippen molar-refractivity contribution in [2.24, 2.45) is 17.6 Å². The molecular formula is C27H41N5O5S. The Morgan fingerprint density at radius 2 is 1.66 bits per heavy atom. The van der Waals surface area contributed by atoms with Crippen molar-refractivity contribution in [3.05, 3.63) is 36.0 Å². The van der Waals surface area contributed by atoms with Crippen LogP contribution in [0.5, 0.6) is 0 Å². The number of amides is 3. The maximum atomic E-state index is 13.2. The minimum Gasteiger partial charge on any atom is -0.480 e. The molecule has 2 rings (SSSR count). The fourth-order valence-corrected chi connectivity index (χ4v) is 4.53. The van der Waals surface area contributed by atoms with Crippen LogP contribution in [0.15, 0.2) is 30.5 Å². The minimum atomic E-state index is -1.19. The Morgan fingerprint density at radius 1 is 1.00 bits per heavy atom. The van der Waals surface area contributed by atoms with E-state index in [-0.39, 0.29) is 18.3 Å². The van der Waals surface area contributed by atoms with Crippen molar-refractivity contribution >= 4 is 46.4 Å². The summed E-state index contributed by atoms with van der Waals surface area (Å²) >= 11 is 1.53. The normalized spacial score (nSPS) is 15.3. The van der Waals surface area contributed by atoms with Crippen molar-refractivity contribution in [2.45, 2.75) is 71.1 Å². The maximum absolute atomic E-state index is 13.2. The van der Waals surface area contributed by atoms with Crippen LogP contribution >= 0.6 is 11.8 Å². The topological polar surface area (TPSA) is 166 Å². The number of para-hydroxylation sites is 1. The van der Waals surface area contributed by atoms with Gasteiger partial charge in [0.1, 0.15) is 18.1 Å². The molecule has 11 heteroatoms. The van der Waals surface area contributed by atoms with Gasteiger partial charge in [0.05, 0.1) is 6.04 Å². The van der Waals surface area contributed by atoms with Crippen LogP contribution in [0.1, 0.15) is 46.1 Å². The highest BCUT2D eigenvalue weighted by molar-refractivity contribution is 7.98. The number of carboxylic acids is 1. The first-order valence-corrected chi connectivity index (χ1v) is 14.3. The zero-order chi connectivity index (χ0) is 28.4. The Hall–Kier alpha value is -3.05. The van der Waals surface area contributed by atoms with Crippen LogP contribution in [0.2, 0.25) is 0 Å². The molecule has 210 valence electrons. The lowest BCUT2D eigenvalue weighted by atomic mass is 9.98. The molecule has 10 nitrogen and oxygen atoms in total. The van der Waals surface area contributed by atoms with E-state index in [1.165, 1.54) is 11.8 Å². The van der Waals surface area contributed by atoms with Gasteiger partial charge < -0.3 is 31.8 Å². The van der Waals surface area contributed by atoms with Gasteiger partial charge in [0.2, 0.25) is 17.7 Å². The van der Waals surface area contributed by atoms with E-state index in [1.807, 2.05) is 44.4 Å².